The highest BCUT2D eigenvalue weighted by molar-refractivity contribution is 6.31. The number of nitrogens with one attached hydrogen (secondary N) is 1. The zero-order chi connectivity index (χ0) is 13.3. The summed E-state index contributed by atoms with van der Waals surface area (Å²) in [6.07, 6.45) is 0. The summed E-state index contributed by atoms with van der Waals surface area (Å²) in [6, 6.07) is 8.08. The molecular weight excluding hydrogens is 274 g/mol. The van der Waals surface area contributed by atoms with Gasteiger partial charge in [0, 0.05) is 16.8 Å². The van der Waals surface area contributed by atoms with Crippen molar-refractivity contribution in [3.05, 3.63) is 51.8 Å². The first kappa shape index (κ1) is 13.0. The molecule has 0 fully saturated rings. The first-order valence-electron chi connectivity index (χ1n) is 5.25. The van der Waals surface area contributed by atoms with E-state index in [0.717, 1.165) is 11.3 Å². The Kier molecular flexibility index (Phi) is 3.64. The predicted octanol–water partition coefficient (Wildman–Crippen LogP) is 4.77. The summed E-state index contributed by atoms with van der Waals surface area (Å²) in [6.45, 7) is 1.93. The number of anilines is 3. The molecule has 2 rings (SSSR count). The van der Waals surface area contributed by atoms with E-state index < -0.39 is 5.82 Å². The second-order valence-corrected chi connectivity index (χ2v) is 4.78. The summed E-state index contributed by atoms with van der Waals surface area (Å²) in [5, 5.41) is 3.71. The van der Waals surface area contributed by atoms with Crippen molar-refractivity contribution in [2.45, 2.75) is 6.92 Å². The van der Waals surface area contributed by atoms with Gasteiger partial charge in [0.25, 0.3) is 0 Å². The standard InChI is InChI=1S/C13H11Cl2FN2/c1-7-2-3-8(14)4-12(7)18-13-5-9(15)10(16)6-11(13)17/h2-6,18H,17H2,1H3. The van der Waals surface area contributed by atoms with Crippen molar-refractivity contribution >= 4 is 40.3 Å². The van der Waals surface area contributed by atoms with Crippen LogP contribution in [0, 0.1) is 12.7 Å². The molecule has 94 valence electrons. The molecule has 0 amide bonds. The van der Waals surface area contributed by atoms with Gasteiger partial charge in [-0.15, -0.1) is 0 Å². The van der Waals surface area contributed by atoms with Crippen LogP contribution in [0.3, 0.4) is 0 Å². The van der Waals surface area contributed by atoms with Crippen LogP contribution in [0.15, 0.2) is 30.3 Å². The number of benzene rings is 2. The Bertz CT molecular complexity index is 600. The van der Waals surface area contributed by atoms with Crippen LogP contribution in [-0.4, -0.2) is 0 Å². The SMILES string of the molecule is Cc1ccc(Cl)cc1Nc1cc(Cl)c(F)cc1N. The first-order valence-corrected chi connectivity index (χ1v) is 6.00. The van der Waals surface area contributed by atoms with E-state index in [4.69, 9.17) is 28.9 Å². The van der Waals surface area contributed by atoms with E-state index in [9.17, 15) is 4.39 Å². The maximum absolute atomic E-state index is 13.2. The maximum atomic E-state index is 13.2. The molecule has 0 atom stereocenters. The summed E-state index contributed by atoms with van der Waals surface area (Å²) in [5.41, 5.74) is 8.37. The lowest BCUT2D eigenvalue weighted by molar-refractivity contribution is 0.629. The number of rotatable bonds is 2. The Morgan fingerprint density at radius 2 is 1.83 bits per heavy atom. The first-order chi connectivity index (χ1) is 8.47. The van der Waals surface area contributed by atoms with Crippen LogP contribution in [-0.2, 0) is 0 Å². The highest BCUT2D eigenvalue weighted by Gasteiger charge is 2.08. The van der Waals surface area contributed by atoms with Crippen LogP contribution >= 0.6 is 23.2 Å². The Morgan fingerprint density at radius 1 is 1.11 bits per heavy atom. The Hall–Kier alpha value is -1.45. The lowest BCUT2D eigenvalue weighted by Crippen LogP contribution is -1.99. The van der Waals surface area contributed by atoms with Crippen molar-refractivity contribution in [1.82, 2.24) is 0 Å². The maximum Gasteiger partial charge on any atom is 0.143 e. The molecule has 5 heteroatoms. The molecule has 0 saturated heterocycles. The van der Waals surface area contributed by atoms with Gasteiger partial charge in [0.1, 0.15) is 5.82 Å². The molecule has 18 heavy (non-hydrogen) atoms. The fourth-order valence-corrected chi connectivity index (χ4v) is 1.88. The van der Waals surface area contributed by atoms with Crippen LogP contribution in [0.1, 0.15) is 5.56 Å². The fraction of sp³-hybridized carbons (Fsp3) is 0.0769. The second kappa shape index (κ2) is 5.04. The van der Waals surface area contributed by atoms with Gasteiger partial charge in [0.15, 0.2) is 0 Å². The average molecular weight is 285 g/mol. The van der Waals surface area contributed by atoms with Gasteiger partial charge in [-0.2, -0.15) is 0 Å². The van der Waals surface area contributed by atoms with Crippen LogP contribution in [0.5, 0.6) is 0 Å². The molecule has 2 aromatic carbocycles. The minimum absolute atomic E-state index is 0.0198. The van der Waals surface area contributed by atoms with Crippen molar-refractivity contribution < 1.29 is 4.39 Å². The molecule has 0 unspecified atom stereocenters. The Morgan fingerprint density at radius 3 is 2.56 bits per heavy atom. The largest absolute Gasteiger partial charge is 0.397 e. The lowest BCUT2D eigenvalue weighted by atomic mass is 10.2. The molecule has 0 aliphatic heterocycles. The average Bonchev–Trinajstić information content (AvgIpc) is 2.30. The van der Waals surface area contributed by atoms with Crippen molar-refractivity contribution in [3.8, 4) is 0 Å². The second-order valence-electron chi connectivity index (χ2n) is 3.94. The summed E-state index contributed by atoms with van der Waals surface area (Å²) in [4.78, 5) is 0. The number of hydrogen-bond acceptors (Lipinski definition) is 2. The zero-order valence-electron chi connectivity index (χ0n) is 9.60. The number of nitrogen functional groups attached to an aromatic ring is 1. The van der Waals surface area contributed by atoms with Gasteiger partial charge >= 0.3 is 0 Å². The number of nitrogens with two attached hydrogens (primary N) is 1. The van der Waals surface area contributed by atoms with E-state index in [1.807, 2.05) is 13.0 Å². The van der Waals surface area contributed by atoms with Gasteiger partial charge in [-0.05, 0) is 30.7 Å². The van der Waals surface area contributed by atoms with Crippen LogP contribution in [0.25, 0.3) is 0 Å². The summed E-state index contributed by atoms with van der Waals surface area (Å²) in [5.74, 6) is -0.539. The molecule has 0 aromatic heterocycles. The third-order valence-electron chi connectivity index (χ3n) is 2.56. The highest BCUT2D eigenvalue weighted by atomic mass is 35.5. The van der Waals surface area contributed by atoms with E-state index >= 15 is 0 Å². The van der Waals surface area contributed by atoms with Crippen molar-refractivity contribution in [2.24, 2.45) is 0 Å². The summed E-state index contributed by atoms with van der Waals surface area (Å²) >= 11 is 11.6. The van der Waals surface area contributed by atoms with Gasteiger partial charge in [0.05, 0.1) is 16.4 Å². The molecule has 0 saturated carbocycles. The van der Waals surface area contributed by atoms with E-state index in [1.165, 1.54) is 12.1 Å². The minimum atomic E-state index is -0.539. The molecule has 2 nitrogen and oxygen atoms in total. The number of aryl methyl sites for hydroxylation is 1. The number of hydrogen-bond donors (Lipinski definition) is 2. The van der Waals surface area contributed by atoms with E-state index in [1.54, 1.807) is 12.1 Å². The molecule has 0 radical (unpaired) electrons. The Balaban J connectivity index is 2.40. The molecule has 0 spiro atoms. The molecular formula is C13H11Cl2FN2. The quantitative estimate of drug-likeness (QED) is 0.780. The smallest absolute Gasteiger partial charge is 0.143 e. The van der Waals surface area contributed by atoms with Crippen LogP contribution in [0.4, 0.5) is 21.5 Å². The molecule has 0 bridgehead atoms. The van der Waals surface area contributed by atoms with E-state index in [0.29, 0.717) is 10.7 Å². The lowest BCUT2D eigenvalue weighted by Gasteiger charge is -2.12. The normalized spacial score (nSPS) is 10.4. The van der Waals surface area contributed by atoms with E-state index in [2.05, 4.69) is 5.32 Å². The van der Waals surface area contributed by atoms with E-state index in [-0.39, 0.29) is 10.7 Å². The van der Waals surface area contributed by atoms with Crippen LogP contribution in [0.2, 0.25) is 10.0 Å². The molecule has 3 N–H and O–H groups in total. The highest BCUT2D eigenvalue weighted by Crippen LogP contribution is 2.31. The van der Waals surface area contributed by atoms with Gasteiger partial charge in [-0.3, -0.25) is 0 Å². The van der Waals surface area contributed by atoms with Crippen LogP contribution < -0.4 is 11.1 Å². The third-order valence-corrected chi connectivity index (χ3v) is 3.09. The molecule has 2 aromatic rings. The minimum Gasteiger partial charge on any atom is -0.397 e. The van der Waals surface area contributed by atoms with Crippen molar-refractivity contribution in [3.63, 3.8) is 0 Å². The third kappa shape index (κ3) is 2.68. The molecule has 0 aliphatic carbocycles. The van der Waals surface area contributed by atoms with Crippen molar-refractivity contribution in [2.75, 3.05) is 11.1 Å². The van der Waals surface area contributed by atoms with Gasteiger partial charge < -0.3 is 11.1 Å². The van der Waals surface area contributed by atoms with Gasteiger partial charge in [-0.1, -0.05) is 29.3 Å². The zero-order valence-corrected chi connectivity index (χ0v) is 11.1. The monoisotopic (exact) mass is 284 g/mol. The summed E-state index contributed by atoms with van der Waals surface area (Å²) in [7, 11) is 0. The topological polar surface area (TPSA) is 38.0 Å². The summed E-state index contributed by atoms with van der Waals surface area (Å²) < 4.78 is 13.2. The molecule has 0 aliphatic rings. The van der Waals surface area contributed by atoms with Crippen molar-refractivity contribution in [1.29, 1.82) is 0 Å². The predicted molar refractivity (Wildman–Crippen MR) is 75.3 cm³/mol. The fourth-order valence-electron chi connectivity index (χ4n) is 1.54. The molecule has 0 heterocycles. The van der Waals surface area contributed by atoms with Gasteiger partial charge in [-0.25, -0.2) is 4.39 Å². The number of halogens is 3. The Labute approximate surface area is 115 Å². The van der Waals surface area contributed by atoms with Gasteiger partial charge in [0.2, 0.25) is 0 Å².